The van der Waals surface area contributed by atoms with Crippen LogP contribution in [0, 0.1) is 0 Å². The molecule has 2 aromatic heterocycles. The van der Waals surface area contributed by atoms with Gasteiger partial charge in [-0.25, -0.2) is 4.98 Å². The van der Waals surface area contributed by atoms with E-state index in [2.05, 4.69) is 33.4 Å². The predicted molar refractivity (Wildman–Crippen MR) is 66.2 cm³/mol. The smallest absolute Gasteiger partial charge is 0.139 e. The van der Waals surface area contributed by atoms with Crippen LogP contribution in [-0.2, 0) is 7.05 Å². The zero-order valence-electron chi connectivity index (χ0n) is 9.46. The molecule has 0 bridgehead atoms. The fourth-order valence-electron chi connectivity index (χ4n) is 1.89. The molecule has 0 radical (unpaired) electrons. The number of aryl methyl sites for hydroxylation is 1. The second-order valence-electron chi connectivity index (χ2n) is 3.91. The number of aromatic nitrogens is 4. The van der Waals surface area contributed by atoms with Crippen LogP contribution in [0.4, 0.5) is 0 Å². The van der Waals surface area contributed by atoms with E-state index in [0.29, 0.717) is 0 Å². The Morgan fingerprint density at radius 3 is 2.71 bits per heavy atom. The fourth-order valence-corrected chi connectivity index (χ4v) is 1.89. The van der Waals surface area contributed by atoms with Crippen molar-refractivity contribution in [2.75, 3.05) is 0 Å². The minimum absolute atomic E-state index is 0.964. The Balaban J connectivity index is 2.09. The van der Waals surface area contributed by atoms with Crippen LogP contribution in [0.15, 0.2) is 48.9 Å². The molecule has 4 heteroatoms. The third-order valence-corrected chi connectivity index (χ3v) is 2.75. The molecule has 4 nitrogen and oxygen atoms in total. The summed E-state index contributed by atoms with van der Waals surface area (Å²) < 4.78 is 2.01. The summed E-state index contributed by atoms with van der Waals surface area (Å²) in [5, 5.41) is 6.93. The van der Waals surface area contributed by atoms with Crippen molar-refractivity contribution in [3.8, 4) is 22.6 Å². The van der Waals surface area contributed by atoms with Gasteiger partial charge >= 0.3 is 0 Å². The van der Waals surface area contributed by atoms with Crippen LogP contribution in [-0.4, -0.2) is 19.7 Å². The van der Waals surface area contributed by atoms with Crippen molar-refractivity contribution in [2.24, 2.45) is 7.05 Å². The Morgan fingerprint density at radius 1 is 1.12 bits per heavy atom. The van der Waals surface area contributed by atoms with Gasteiger partial charge in [-0.1, -0.05) is 18.2 Å². The molecule has 1 aromatic carbocycles. The second-order valence-corrected chi connectivity index (χ2v) is 3.91. The van der Waals surface area contributed by atoms with Crippen LogP contribution in [0.3, 0.4) is 0 Å². The number of H-pyrrole nitrogens is 1. The van der Waals surface area contributed by atoms with E-state index in [1.165, 1.54) is 0 Å². The number of nitrogens with one attached hydrogen (secondary N) is 1. The number of rotatable bonds is 2. The third kappa shape index (κ3) is 1.73. The van der Waals surface area contributed by atoms with Crippen LogP contribution in [0.1, 0.15) is 0 Å². The van der Waals surface area contributed by atoms with Crippen LogP contribution >= 0.6 is 0 Å². The molecule has 0 aliphatic heterocycles. The number of aromatic amines is 1. The summed E-state index contributed by atoms with van der Waals surface area (Å²) in [4.78, 5) is 4.35. The van der Waals surface area contributed by atoms with E-state index >= 15 is 0 Å². The summed E-state index contributed by atoms with van der Waals surface area (Å²) in [7, 11) is 1.99. The Morgan fingerprint density at radius 2 is 2.00 bits per heavy atom. The molecule has 0 aliphatic carbocycles. The summed E-state index contributed by atoms with van der Waals surface area (Å²) in [5.74, 6) is 0.964. The highest BCUT2D eigenvalue weighted by molar-refractivity contribution is 5.67. The zero-order chi connectivity index (χ0) is 11.7. The molecular formula is C13H12N4. The monoisotopic (exact) mass is 224 g/mol. The first-order valence-electron chi connectivity index (χ1n) is 5.42. The highest BCUT2D eigenvalue weighted by Crippen LogP contribution is 2.23. The minimum atomic E-state index is 0.964. The maximum atomic E-state index is 4.35. The normalized spacial score (nSPS) is 10.6. The van der Waals surface area contributed by atoms with E-state index in [-0.39, 0.29) is 0 Å². The van der Waals surface area contributed by atoms with Crippen LogP contribution in [0.5, 0.6) is 0 Å². The average Bonchev–Trinajstić information content (AvgIpc) is 2.99. The van der Waals surface area contributed by atoms with Crippen LogP contribution < -0.4 is 0 Å². The van der Waals surface area contributed by atoms with Crippen molar-refractivity contribution in [1.82, 2.24) is 19.7 Å². The molecule has 0 saturated carbocycles. The molecule has 0 saturated heterocycles. The van der Waals surface area contributed by atoms with Crippen molar-refractivity contribution in [3.05, 3.63) is 48.9 Å². The first-order valence-corrected chi connectivity index (χ1v) is 5.42. The number of imidazole rings is 1. The first-order chi connectivity index (χ1) is 8.34. The second kappa shape index (κ2) is 3.90. The third-order valence-electron chi connectivity index (χ3n) is 2.75. The standard InChI is InChI=1S/C13H12N4/c1-17-8-7-14-13(17)11-4-2-3-10(9-11)12-5-6-15-16-12/h2-9H,1H3,(H,15,16). The van der Waals surface area contributed by atoms with Crippen molar-refractivity contribution < 1.29 is 0 Å². The van der Waals surface area contributed by atoms with Crippen LogP contribution in [0.2, 0.25) is 0 Å². The Labute approximate surface area is 98.9 Å². The summed E-state index contributed by atoms with van der Waals surface area (Å²) in [5.41, 5.74) is 3.23. The van der Waals surface area contributed by atoms with Gasteiger partial charge in [0.25, 0.3) is 0 Å². The van der Waals surface area contributed by atoms with Crippen molar-refractivity contribution >= 4 is 0 Å². The van der Waals surface area contributed by atoms with Gasteiger partial charge in [0.2, 0.25) is 0 Å². The highest BCUT2D eigenvalue weighted by Gasteiger charge is 2.05. The minimum Gasteiger partial charge on any atom is -0.334 e. The first kappa shape index (κ1) is 9.84. The molecule has 1 N–H and O–H groups in total. The lowest BCUT2D eigenvalue weighted by atomic mass is 10.1. The highest BCUT2D eigenvalue weighted by atomic mass is 15.1. The number of benzene rings is 1. The average molecular weight is 224 g/mol. The van der Waals surface area contributed by atoms with Gasteiger partial charge in [0.1, 0.15) is 5.82 Å². The largest absolute Gasteiger partial charge is 0.334 e. The zero-order valence-corrected chi connectivity index (χ0v) is 9.46. The molecule has 3 rings (SSSR count). The Kier molecular flexibility index (Phi) is 2.26. The van der Waals surface area contributed by atoms with Crippen molar-refractivity contribution in [1.29, 1.82) is 0 Å². The summed E-state index contributed by atoms with van der Waals surface area (Å²) >= 11 is 0. The van der Waals surface area contributed by atoms with Gasteiger partial charge in [0.05, 0.1) is 5.69 Å². The molecule has 84 valence electrons. The van der Waals surface area contributed by atoms with Gasteiger partial charge in [-0.3, -0.25) is 5.10 Å². The van der Waals surface area contributed by atoms with E-state index in [9.17, 15) is 0 Å². The van der Waals surface area contributed by atoms with Gasteiger partial charge in [-0.15, -0.1) is 0 Å². The molecule has 0 unspecified atom stereocenters. The molecule has 0 spiro atoms. The lowest BCUT2D eigenvalue weighted by Crippen LogP contribution is -1.91. The number of hydrogen-bond acceptors (Lipinski definition) is 2. The predicted octanol–water partition coefficient (Wildman–Crippen LogP) is 2.48. The molecule has 0 fully saturated rings. The lowest BCUT2D eigenvalue weighted by Gasteiger charge is -2.04. The quantitative estimate of drug-likeness (QED) is 0.726. The maximum absolute atomic E-state index is 4.35. The molecule has 3 aromatic rings. The topological polar surface area (TPSA) is 46.5 Å². The molecule has 17 heavy (non-hydrogen) atoms. The van der Waals surface area contributed by atoms with E-state index < -0.39 is 0 Å². The van der Waals surface area contributed by atoms with E-state index in [1.54, 1.807) is 12.4 Å². The summed E-state index contributed by atoms with van der Waals surface area (Å²) in [6, 6.07) is 10.2. The van der Waals surface area contributed by atoms with Gasteiger partial charge in [0.15, 0.2) is 0 Å². The number of nitrogens with zero attached hydrogens (tertiary/aromatic N) is 3. The molecule has 0 aliphatic rings. The van der Waals surface area contributed by atoms with Gasteiger partial charge in [0, 0.05) is 36.8 Å². The van der Waals surface area contributed by atoms with Gasteiger partial charge in [-0.2, -0.15) is 5.10 Å². The molecule has 0 amide bonds. The summed E-state index contributed by atoms with van der Waals surface area (Å²) in [6.45, 7) is 0. The Hall–Kier alpha value is -2.36. The summed E-state index contributed by atoms with van der Waals surface area (Å²) in [6.07, 6.45) is 5.50. The molecule has 0 atom stereocenters. The Bertz CT molecular complexity index is 622. The lowest BCUT2D eigenvalue weighted by molar-refractivity contribution is 0.925. The molecular weight excluding hydrogens is 212 g/mol. The van der Waals surface area contributed by atoms with Gasteiger partial charge in [-0.05, 0) is 12.1 Å². The van der Waals surface area contributed by atoms with Crippen molar-refractivity contribution in [3.63, 3.8) is 0 Å². The van der Waals surface area contributed by atoms with E-state index in [0.717, 1.165) is 22.6 Å². The van der Waals surface area contributed by atoms with E-state index in [4.69, 9.17) is 0 Å². The SMILES string of the molecule is Cn1ccnc1-c1cccc(-c2ccn[nH]2)c1. The van der Waals surface area contributed by atoms with E-state index in [1.807, 2.05) is 29.9 Å². The number of hydrogen-bond donors (Lipinski definition) is 1. The van der Waals surface area contributed by atoms with Gasteiger partial charge < -0.3 is 4.57 Å². The molecule has 2 heterocycles. The van der Waals surface area contributed by atoms with Crippen molar-refractivity contribution in [2.45, 2.75) is 0 Å². The van der Waals surface area contributed by atoms with Crippen LogP contribution in [0.25, 0.3) is 22.6 Å². The maximum Gasteiger partial charge on any atom is 0.139 e. The fraction of sp³-hybridized carbons (Fsp3) is 0.0769.